The molecule has 0 aromatic heterocycles. The fraction of sp³-hybridized carbons (Fsp3) is 0.118. The molecule has 3 N–H and O–H groups in total. The third-order valence-electron chi connectivity index (χ3n) is 2.94. The maximum absolute atomic E-state index is 12.3. The molecule has 0 saturated heterocycles. The molecule has 0 aliphatic heterocycles. The van der Waals surface area contributed by atoms with Crippen LogP contribution in [0.3, 0.4) is 0 Å². The fourth-order valence-electron chi connectivity index (χ4n) is 1.86. The lowest BCUT2D eigenvalue weighted by Gasteiger charge is -2.09. The smallest absolute Gasteiger partial charge is 0.257 e. The van der Waals surface area contributed by atoms with Crippen LogP contribution < -0.4 is 11.1 Å². The summed E-state index contributed by atoms with van der Waals surface area (Å²) in [5, 5.41) is 3.30. The molecule has 0 fully saturated rings. The van der Waals surface area contributed by atoms with E-state index in [9.17, 15) is 4.79 Å². The number of aryl methyl sites for hydroxylation is 1. The van der Waals surface area contributed by atoms with Crippen LogP contribution >= 0.6 is 11.6 Å². The van der Waals surface area contributed by atoms with Crippen LogP contribution in [0.15, 0.2) is 42.5 Å². The van der Waals surface area contributed by atoms with Gasteiger partial charge in [0.05, 0.1) is 22.8 Å². The van der Waals surface area contributed by atoms with Gasteiger partial charge in [-0.15, -0.1) is 0 Å². The Hall–Kier alpha value is -2.28. The van der Waals surface area contributed by atoms with Crippen molar-refractivity contribution in [1.29, 1.82) is 0 Å². The summed E-state index contributed by atoms with van der Waals surface area (Å²) in [6.45, 7) is 2.13. The van der Waals surface area contributed by atoms with E-state index >= 15 is 0 Å². The van der Waals surface area contributed by atoms with E-state index in [1.807, 2.05) is 31.2 Å². The van der Waals surface area contributed by atoms with Crippen molar-refractivity contribution in [1.82, 2.24) is 0 Å². The van der Waals surface area contributed by atoms with Crippen molar-refractivity contribution < 1.29 is 4.79 Å². The number of hydrogen-bond acceptors (Lipinski definition) is 2. The quantitative estimate of drug-likeness (QED) is 0.837. The Morgan fingerprint density at radius 3 is 2.76 bits per heavy atom. The number of benzene rings is 2. The monoisotopic (exact) mass is 298 g/mol. The topological polar surface area (TPSA) is 55.1 Å². The minimum absolute atomic E-state index is 0.259. The van der Waals surface area contributed by atoms with Crippen molar-refractivity contribution in [2.45, 2.75) is 6.92 Å². The maximum Gasteiger partial charge on any atom is 0.257 e. The average molecular weight is 299 g/mol. The molecule has 106 valence electrons. The number of carbonyl (C=O) groups is 1. The second-order valence-electron chi connectivity index (χ2n) is 4.44. The summed E-state index contributed by atoms with van der Waals surface area (Å²) in [5.74, 6) is 5.45. The van der Waals surface area contributed by atoms with Crippen LogP contribution in [0.25, 0.3) is 0 Å². The Balaban J connectivity index is 2.30. The van der Waals surface area contributed by atoms with Gasteiger partial charge in [0.2, 0.25) is 0 Å². The number of nitrogens with one attached hydrogen (secondary N) is 1. The van der Waals surface area contributed by atoms with Crippen molar-refractivity contribution >= 4 is 23.2 Å². The predicted molar refractivity (Wildman–Crippen MR) is 86.5 cm³/mol. The van der Waals surface area contributed by atoms with E-state index in [0.29, 0.717) is 16.3 Å². The highest BCUT2D eigenvalue weighted by Gasteiger charge is 2.12. The van der Waals surface area contributed by atoms with Crippen molar-refractivity contribution in [3.8, 4) is 11.8 Å². The van der Waals surface area contributed by atoms with E-state index in [0.717, 1.165) is 11.1 Å². The van der Waals surface area contributed by atoms with Crippen LogP contribution in [-0.4, -0.2) is 12.5 Å². The van der Waals surface area contributed by atoms with Gasteiger partial charge < -0.3 is 11.1 Å². The largest absolute Gasteiger partial charge is 0.321 e. The summed E-state index contributed by atoms with van der Waals surface area (Å²) in [6, 6.07) is 12.7. The van der Waals surface area contributed by atoms with E-state index in [1.165, 1.54) is 0 Å². The molecule has 3 nitrogen and oxygen atoms in total. The second-order valence-corrected chi connectivity index (χ2v) is 4.82. The molecule has 0 atom stereocenters. The first-order chi connectivity index (χ1) is 10.1. The number of anilines is 1. The van der Waals surface area contributed by atoms with Gasteiger partial charge in [0, 0.05) is 5.56 Å². The van der Waals surface area contributed by atoms with E-state index in [2.05, 4.69) is 17.2 Å². The molecular formula is C17H15ClN2O. The lowest BCUT2D eigenvalue weighted by atomic mass is 10.1. The van der Waals surface area contributed by atoms with Gasteiger partial charge in [0.15, 0.2) is 0 Å². The van der Waals surface area contributed by atoms with Crippen LogP contribution in [0.2, 0.25) is 5.02 Å². The van der Waals surface area contributed by atoms with Crippen molar-refractivity contribution in [3.05, 3.63) is 64.2 Å². The zero-order valence-electron chi connectivity index (χ0n) is 11.6. The van der Waals surface area contributed by atoms with Gasteiger partial charge >= 0.3 is 0 Å². The Kier molecular flexibility index (Phi) is 4.99. The highest BCUT2D eigenvalue weighted by Crippen LogP contribution is 2.22. The van der Waals surface area contributed by atoms with Crippen LogP contribution in [0, 0.1) is 18.8 Å². The Morgan fingerprint density at radius 2 is 2.00 bits per heavy atom. The summed E-state index contributed by atoms with van der Waals surface area (Å²) in [6.07, 6.45) is 0. The third kappa shape index (κ3) is 3.63. The van der Waals surface area contributed by atoms with Crippen LogP contribution in [0.4, 0.5) is 5.69 Å². The first-order valence-electron chi connectivity index (χ1n) is 6.48. The molecular weight excluding hydrogens is 284 g/mol. The minimum atomic E-state index is -0.259. The molecule has 0 aliphatic carbocycles. The molecule has 0 aliphatic rings. The molecule has 2 aromatic carbocycles. The normalized spacial score (nSPS) is 9.67. The SMILES string of the molecule is Cc1cccc(C(=O)Nc2ccccc2C#CCN)c1Cl. The third-order valence-corrected chi connectivity index (χ3v) is 3.44. The predicted octanol–water partition coefficient (Wildman–Crippen LogP) is 3.21. The summed E-state index contributed by atoms with van der Waals surface area (Å²) in [7, 11) is 0. The van der Waals surface area contributed by atoms with Crippen molar-refractivity contribution in [2.24, 2.45) is 5.73 Å². The molecule has 0 spiro atoms. The average Bonchev–Trinajstić information content (AvgIpc) is 2.49. The Bertz CT molecular complexity index is 729. The summed E-state index contributed by atoms with van der Waals surface area (Å²) >= 11 is 6.17. The van der Waals surface area contributed by atoms with Gasteiger partial charge in [-0.05, 0) is 30.7 Å². The number of para-hydroxylation sites is 1. The minimum Gasteiger partial charge on any atom is -0.321 e. The Labute approximate surface area is 129 Å². The van der Waals surface area contributed by atoms with E-state index in [1.54, 1.807) is 18.2 Å². The van der Waals surface area contributed by atoms with Gasteiger partial charge in [-0.2, -0.15) is 0 Å². The van der Waals surface area contributed by atoms with Gasteiger partial charge in [0.25, 0.3) is 5.91 Å². The second kappa shape index (κ2) is 6.94. The summed E-state index contributed by atoms with van der Waals surface area (Å²) < 4.78 is 0. The van der Waals surface area contributed by atoms with Crippen molar-refractivity contribution in [2.75, 3.05) is 11.9 Å². The van der Waals surface area contributed by atoms with Crippen LogP contribution in [0.1, 0.15) is 21.5 Å². The highest BCUT2D eigenvalue weighted by molar-refractivity contribution is 6.35. The molecule has 1 amide bonds. The first-order valence-corrected chi connectivity index (χ1v) is 6.85. The lowest BCUT2D eigenvalue weighted by molar-refractivity contribution is 0.102. The number of nitrogens with two attached hydrogens (primary N) is 1. The van der Waals surface area contributed by atoms with Crippen LogP contribution in [0.5, 0.6) is 0 Å². The number of amides is 1. The Morgan fingerprint density at radius 1 is 1.24 bits per heavy atom. The molecule has 0 heterocycles. The van der Waals surface area contributed by atoms with E-state index in [4.69, 9.17) is 17.3 Å². The summed E-state index contributed by atoms with van der Waals surface area (Å²) in [5.41, 5.74) is 8.04. The number of halogens is 1. The number of rotatable bonds is 2. The fourth-order valence-corrected chi connectivity index (χ4v) is 2.07. The molecule has 0 unspecified atom stereocenters. The zero-order chi connectivity index (χ0) is 15.2. The lowest BCUT2D eigenvalue weighted by Crippen LogP contribution is -2.13. The van der Waals surface area contributed by atoms with Crippen LogP contribution in [-0.2, 0) is 0 Å². The molecule has 4 heteroatoms. The van der Waals surface area contributed by atoms with Gasteiger partial charge in [-0.25, -0.2) is 0 Å². The first kappa shape index (κ1) is 15.1. The van der Waals surface area contributed by atoms with Gasteiger partial charge in [-0.3, -0.25) is 4.79 Å². The maximum atomic E-state index is 12.3. The summed E-state index contributed by atoms with van der Waals surface area (Å²) in [4.78, 5) is 12.3. The molecule has 2 aromatic rings. The molecule has 0 radical (unpaired) electrons. The molecule has 2 rings (SSSR count). The van der Waals surface area contributed by atoms with E-state index < -0.39 is 0 Å². The van der Waals surface area contributed by atoms with Gasteiger partial charge in [-0.1, -0.05) is 47.7 Å². The molecule has 21 heavy (non-hydrogen) atoms. The van der Waals surface area contributed by atoms with E-state index in [-0.39, 0.29) is 12.5 Å². The number of carbonyl (C=O) groups excluding carboxylic acids is 1. The number of hydrogen-bond donors (Lipinski definition) is 2. The van der Waals surface area contributed by atoms with Crippen molar-refractivity contribution in [3.63, 3.8) is 0 Å². The zero-order valence-corrected chi connectivity index (χ0v) is 12.4. The highest BCUT2D eigenvalue weighted by atomic mass is 35.5. The standard InChI is InChI=1S/C17H15ClN2O/c1-12-6-4-9-14(16(12)18)17(21)20-15-10-3-2-7-13(15)8-5-11-19/h2-4,6-7,9-10H,11,19H2,1H3,(H,20,21). The molecule has 0 bridgehead atoms. The van der Waals surface area contributed by atoms with Gasteiger partial charge in [0.1, 0.15) is 0 Å². The molecule has 0 saturated carbocycles.